The van der Waals surface area contributed by atoms with E-state index in [9.17, 15) is 0 Å². The second kappa shape index (κ2) is 7.22. The van der Waals surface area contributed by atoms with Crippen LogP contribution in [0.5, 0.6) is 0 Å². The van der Waals surface area contributed by atoms with Gasteiger partial charge in [-0.3, -0.25) is 0 Å². The van der Waals surface area contributed by atoms with Gasteiger partial charge >= 0.3 is 0 Å². The fourth-order valence-corrected chi connectivity index (χ4v) is 3.15. The summed E-state index contributed by atoms with van der Waals surface area (Å²) in [6, 6.07) is 0.525. The lowest BCUT2D eigenvalue weighted by molar-refractivity contribution is 0.00869. The molecular weight excluding hydrogens is 244 g/mol. The van der Waals surface area contributed by atoms with Crippen molar-refractivity contribution in [2.24, 2.45) is 0 Å². The Morgan fingerprint density at radius 3 is 3.06 bits per heavy atom. The van der Waals surface area contributed by atoms with Crippen LogP contribution in [-0.4, -0.2) is 30.8 Å². The van der Waals surface area contributed by atoms with Crippen molar-refractivity contribution in [3.63, 3.8) is 0 Å². The third kappa shape index (κ3) is 4.34. The summed E-state index contributed by atoms with van der Waals surface area (Å²) in [5, 5.41) is 6.75. The minimum absolute atomic E-state index is 0.492. The molecule has 0 aliphatic carbocycles. The van der Waals surface area contributed by atoms with Crippen molar-refractivity contribution >= 4 is 11.3 Å². The smallest absolute Gasteiger partial charge is 0.0897 e. The van der Waals surface area contributed by atoms with Crippen LogP contribution < -0.4 is 5.32 Å². The maximum absolute atomic E-state index is 5.79. The van der Waals surface area contributed by atoms with E-state index in [2.05, 4.69) is 22.6 Å². The number of ether oxygens (including phenoxy) is 1. The van der Waals surface area contributed by atoms with Gasteiger partial charge in [0.25, 0.3) is 0 Å². The van der Waals surface area contributed by atoms with E-state index >= 15 is 0 Å². The summed E-state index contributed by atoms with van der Waals surface area (Å²) >= 11 is 1.74. The van der Waals surface area contributed by atoms with Gasteiger partial charge in [-0.15, -0.1) is 11.3 Å². The average molecular weight is 268 g/mol. The molecule has 1 N–H and O–H groups in total. The van der Waals surface area contributed by atoms with Gasteiger partial charge in [-0.2, -0.15) is 0 Å². The van der Waals surface area contributed by atoms with E-state index in [-0.39, 0.29) is 0 Å². The Morgan fingerprint density at radius 2 is 2.44 bits per heavy atom. The molecule has 1 saturated heterocycles. The Bertz CT molecular complexity index is 347. The zero-order valence-electron chi connectivity index (χ0n) is 11.4. The van der Waals surface area contributed by atoms with E-state index in [1.807, 2.05) is 7.05 Å². The van der Waals surface area contributed by atoms with Gasteiger partial charge in [-0.25, -0.2) is 4.98 Å². The summed E-state index contributed by atoms with van der Waals surface area (Å²) in [5.74, 6) is 0. The third-order valence-electron chi connectivity index (χ3n) is 3.64. The number of rotatable bonds is 6. The van der Waals surface area contributed by atoms with E-state index in [0.29, 0.717) is 12.1 Å². The first-order valence-electron chi connectivity index (χ1n) is 6.98. The molecule has 18 heavy (non-hydrogen) atoms. The lowest BCUT2D eigenvalue weighted by atomic mass is 9.99. The summed E-state index contributed by atoms with van der Waals surface area (Å²) in [6.45, 7) is 3.03. The predicted molar refractivity (Wildman–Crippen MR) is 76.2 cm³/mol. The number of thiazole rings is 1. The van der Waals surface area contributed by atoms with Gasteiger partial charge in [0.2, 0.25) is 0 Å². The molecule has 2 unspecified atom stereocenters. The highest BCUT2D eigenvalue weighted by Crippen LogP contribution is 2.19. The molecule has 3 nitrogen and oxygen atoms in total. The summed E-state index contributed by atoms with van der Waals surface area (Å²) in [4.78, 5) is 4.54. The van der Waals surface area contributed by atoms with Crippen molar-refractivity contribution in [2.45, 2.75) is 57.6 Å². The maximum atomic E-state index is 5.79. The molecule has 0 radical (unpaired) electrons. The lowest BCUT2D eigenvalue weighted by Crippen LogP contribution is -2.30. The molecule has 1 fully saturated rings. The number of hydrogen-bond donors (Lipinski definition) is 1. The summed E-state index contributed by atoms with van der Waals surface area (Å²) < 4.78 is 5.79. The third-order valence-corrected chi connectivity index (χ3v) is 4.46. The number of aromatic nitrogens is 1. The summed E-state index contributed by atoms with van der Waals surface area (Å²) in [5.41, 5.74) is 1.22. The normalized spacial score (nSPS) is 22.0. The number of likely N-dealkylation sites (N-methyl/N-ethyl adjacent to an activating group) is 1. The molecule has 102 valence electrons. The zero-order chi connectivity index (χ0) is 12.8. The molecule has 4 heteroatoms. The summed E-state index contributed by atoms with van der Waals surface area (Å²) in [7, 11) is 2.05. The molecule has 0 bridgehead atoms. The van der Waals surface area contributed by atoms with Crippen LogP contribution in [0.3, 0.4) is 0 Å². The minimum Gasteiger partial charge on any atom is -0.378 e. The van der Waals surface area contributed by atoms with Crippen molar-refractivity contribution < 1.29 is 4.74 Å². The molecule has 2 heterocycles. The molecule has 1 aromatic heterocycles. The van der Waals surface area contributed by atoms with Crippen molar-refractivity contribution in [1.29, 1.82) is 0 Å². The van der Waals surface area contributed by atoms with Crippen molar-refractivity contribution in [3.8, 4) is 0 Å². The second-order valence-electron chi connectivity index (χ2n) is 5.11. The lowest BCUT2D eigenvalue weighted by Gasteiger charge is -2.24. The van der Waals surface area contributed by atoms with Crippen LogP contribution in [0.4, 0.5) is 0 Å². The van der Waals surface area contributed by atoms with Crippen LogP contribution in [0.15, 0.2) is 5.38 Å². The van der Waals surface area contributed by atoms with Gasteiger partial charge < -0.3 is 10.1 Å². The molecule has 1 aliphatic heterocycles. The Labute approximate surface area is 114 Å². The summed E-state index contributed by atoms with van der Waals surface area (Å²) in [6.07, 6.45) is 7.70. The highest BCUT2D eigenvalue weighted by Gasteiger charge is 2.16. The topological polar surface area (TPSA) is 34.1 Å². The molecule has 1 aromatic rings. The van der Waals surface area contributed by atoms with Gasteiger partial charge in [0, 0.05) is 24.4 Å². The van der Waals surface area contributed by atoms with Gasteiger partial charge in [-0.1, -0.05) is 0 Å². The predicted octanol–water partition coefficient (Wildman–Crippen LogP) is 2.93. The fourth-order valence-electron chi connectivity index (χ4n) is 2.53. The molecule has 0 aromatic carbocycles. The molecular formula is C14H24N2OS. The van der Waals surface area contributed by atoms with Crippen molar-refractivity contribution in [3.05, 3.63) is 16.1 Å². The monoisotopic (exact) mass is 268 g/mol. The number of aryl methyl sites for hydroxylation is 1. The van der Waals surface area contributed by atoms with Crippen LogP contribution in [-0.2, 0) is 11.2 Å². The average Bonchev–Trinajstić information content (AvgIpc) is 2.81. The first kappa shape index (κ1) is 14.0. The highest BCUT2D eigenvalue weighted by molar-refractivity contribution is 7.09. The van der Waals surface area contributed by atoms with Gasteiger partial charge in [-0.05, 0) is 46.1 Å². The largest absolute Gasteiger partial charge is 0.378 e. The maximum Gasteiger partial charge on any atom is 0.0897 e. The van der Waals surface area contributed by atoms with E-state index in [1.54, 1.807) is 11.3 Å². The molecule has 1 aliphatic rings. The quantitative estimate of drug-likeness (QED) is 0.861. The van der Waals surface area contributed by atoms with Crippen molar-refractivity contribution in [2.75, 3.05) is 13.7 Å². The van der Waals surface area contributed by atoms with Crippen LogP contribution in [0.1, 0.15) is 42.8 Å². The highest BCUT2D eigenvalue weighted by atomic mass is 32.1. The molecule has 0 spiro atoms. The molecule has 2 rings (SSSR count). The van der Waals surface area contributed by atoms with Crippen molar-refractivity contribution in [1.82, 2.24) is 10.3 Å². The fraction of sp³-hybridized carbons (Fsp3) is 0.786. The Hall–Kier alpha value is -0.450. The SMILES string of the molecule is CNC(CCC1CCCCO1)Cc1csc(C)n1. The molecule has 0 amide bonds. The van der Waals surface area contributed by atoms with Crippen LogP contribution in [0.25, 0.3) is 0 Å². The van der Waals surface area contributed by atoms with Gasteiger partial charge in [0.1, 0.15) is 0 Å². The Balaban J connectivity index is 1.74. The zero-order valence-corrected chi connectivity index (χ0v) is 12.3. The van der Waals surface area contributed by atoms with E-state index in [0.717, 1.165) is 18.0 Å². The number of nitrogens with one attached hydrogen (secondary N) is 1. The van der Waals surface area contributed by atoms with E-state index < -0.39 is 0 Å². The Kier molecular flexibility index (Phi) is 5.60. The van der Waals surface area contributed by atoms with Gasteiger partial charge in [0.05, 0.1) is 16.8 Å². The first-order valence-corrected chi connectivity index (χ1v) is 7.85. The number of nitrogens with zero attached hydrogens (tertiary/aromatic N) is 1. The molecule has 0 saturated carbocycles. The number of hydrogen-bond acceptors (Lipinski definition) is 4. The minimum atomic E-state index is 0.492. The van der Waals surface area contributed by atoms with Gasteiger partial charge in [0.15, 0.2) is 0 Å². The molecule has 2 atom stereocenters. The standard InChI is InChI=1S/C14H24N2OS/c1-11-16-13(10-18-11)9-12(15-2)6-7-14-5-3-4-8-17-14/h10,12,14-15H,3-9H2,1-2H3. The first-order chi connectivity index (χ1) is 8.78. The Morgan fingerprint density at radius 1 is 1.56 bits per heavy atom. The second-order valence-corrected chi connectivity index (χ2v) is 6.18. The van der Waals surface area contributed by atoms with Crippen LogP contribution in [0.2, 0.25) is 0 Å². The van der Waals surface area contributed by atoms with Crippen LogP contribution >= 0.6 is 11.3 Å². The van der Waals surface area contributed by atoms with E-state index in [4.69, 9.17) is 4.74 Å². The van der Waals surface area contributed by atoms with E-state index in [1.165, 1.54) is 37.8 Å². The van der Waals surface area contributed by atoms with Crippen LogP contribution in [0, 0.1) is 6.92 Å².